The molecule has 0 unspecified atom stereocenters. The van der Waals surface area contributed by atoms with E-state index in [0.29, 0.717) is 61.6 Å². The summed E-state index contributed by atoms with van der Waals surface area (Å²) in [5.74, 6) is -0.864. The second-order valence-corrected chi connectivity index (χ2v) is 9.16. The highest BCUT2D eigenvalue weighted by molar-refractivity contribution is 5.94. The first kappa shape index (κ1) is 22.4. The molecule has 1 spiro atoms. The van der Waals surface area contributed by atoms with Crippen LogP contribution in [-0.4, -0.2) is 43.8 Å². The number of ether oxygens (including phenoxy) is 3. The van der Waals surface area contributed by atoms with Crippen molar-refractivity contribution >= 4 is 23.2 Å². The molecule has 2 aliphatic rings. The van der Waals surface area contributed by atoms with Crippen LogP contribution < -0.4 is 16.0 Å². The van der Waals surface area contributed by atoms with Gasteiger partial charge in [0.15, 0.2) is 5.79 Å². The molecule has 172 valence electrons. The lowest BCUT2D eigenvalue weighted by Crippen LogP contribution is -2.45. The number of carbonyl (C=O) groups excluding carboxylic acids is 1. The van der Waals surface area contributed by atoms with E-state index >= 15 is 0 Å². The van der Waals surface area contributed by atoms with Crippen molar-refractivity contribution in [1.29, 1.82) is 0 Å². The van der Waals surface area contributed by atoms with Gasteiger partial charge in [0, 0.05) is 42.7 Å². The van der Waals surface area contributed by atoms with Crippen LogP contribution in [-0.2, 0) is 14.2 Å². The van der Waals surface area contributed by atoms with Crippen molar-refractivity contribution in [3.8, 4) is 11.1 Å². The maximum atomic E-state index is 14.7. The van der Waals surface area contributed by atoms with E-state index in [1.54, 1.807) is 51.1 Å². The lowest BCUT2D eigenvalue weighted by atomic mass is 9.97. The summed E-state index contributed by atoms with van der Waals surface area (Å²) in [5, 5.41) is 2.73. The molecule has 0 bridgehead atoms. The first-order chi connectivity index (χ1) is 15.2. The molecule has 2 heterocycles. The van der Waals surface area contributed by atoms with Gasteiger partial charge >= 0.3 is 6.09 Å². The zero-order valence-corrected chi connectivity index (χ0v) is 18.7. The predicted octanol–water partition coefficient (Wildman–Crippen LogP) is 4.77. The Hall–Kier alpha value is -2.84. The minimum absolute atomic E-state index is 0.328. The zero-order chi connectivity index (χ0) is 22.9. The van der Waals surface area contributed by atoms with Crippen LogP contribution in [0.2, 0.25) is 0 Å². The summed E-state index contributed by atoms with van der Waals surface area (Å²) in [7, 11) is 0. The summed E-state index contributed by atoms with van der Waals surface area (Å²) in [6.45, 7) is 7.91. The molecular weight excluding hydrogens is 413 g/mol. The Bertz CT molecular complexity index is 989. The highest BCUT2D eigenvalue weighted by Crippen LogP contribution is 2.41. The van der Waals surface area contributed by atoms with E-state index in [0.717, 1.165) is 5.69 Å². The van der Waals surface area contributed by atoms with Crippen LogP contribution in [0.3, 0.4) is 0 Å². The van der Waals surface area contributed by atoms with E-state index in [2.05, 4.69) is 10.2 Å². The molecule has 7 nitrogen and oxygen atoms in total. The highest BCUT2D eigenvalue weighted by Gasteiger charge is 2.40. The predicted molar refractivity (Wildman–Crippen MR) is 122 cm³/mol. The number of benzene rings is 2. The fourth-order valence-corrected chi connectivity index (χ4v) is 4.16. The molecule has 0 saturated carbocycles. The van der Waals surface area contributed by atoms with E-state index in [1.807, 2.05) is 0 Å². The van der Waals surface area contributed by atoms with E-state index in [1.165, 1.54) is 6.07 Å². The number of nitrogens with zero attached hydrogens (tertiary/aromatic N) is 1. The average molecular weight is 444 g/mol. The molecule has 2 aromatic carbocycles. The van der Waals surface area contributed by atoms with Crippen LogP contribution in [0.5, 0.6) is 0 Å². The van der Waals surface area contributed by atoms with Crippen molar-refractivity contribution in [3.63, 3.8) is 0 Å². The van der Waals surface area contributed by atoms with Crippen LogP contribution in [0.15, 0.2) is 36.4 Å². The molecule has 2 saturated heterocycles. The molecule has 2 aromatic rings. The SMILES string of the molecule is CC(C)(C)OC(=O)Nc1cc(N2CCC3(CC2)OCCO3)c(-c2ccccc2F)cc1N. The fraction of sp³-hybridized carbons (Fsp3) is 0.458. The van der Waals surface area contributed by atoms with Crippen molar-refractivity contribution in [2.24, 2.45) is 0 Å². The lowest BCUT2D eigenvalue weighted by Gasteiger charge is -2.39. The second kappa shape index (κ2) is 8.60. The Morgan fingerprint density at radius 3 is 2.41 bits per heavy atom. The van der Waals surface area contributed by atoms with Gasteiger partial charge in [0.2, 0.25) is 0 Å². The Kier molecular flexibility index (Phi) is 6.01. The van der Waals surface area contributed by atoms with Gasteiger partial charge in [0.1, 0.15) is 11.4 Å². The lowest BCUT2D eigenvalue weighted by molar-refractivity contribution is -0.169. The van der Waals surface area contributed by atoms with Crippen LogP contribution in [0.4, 0.5) is 26.2 Å². The second-order valence-electron chi connectivity index (χ2n) is 9.16. The van der Waals surface area contributed by atoms with Gasteiger partial charge in [0.05, 0.1) is 24.6 Å². The number of nitrogen functional groups attached to an aromatic ring is 1. The molecule has 2 aliphatic heterocycles. The Balaban J connectivity index is 1.68. The third-order valence-corrected chi connectivity index (χ3v) is 5.65. The van der Waals surface area contributed by atoms with E-state index in [4.69, 9.17) is 19.9 Å². The number of rotatable bonds is 3. The first-order valence-electron chi connectivity index (χ1n) is 10.9. The molecule has 4 rings (SSSR count). The highest BCUT2D eigenvalue weighted by atomic mass is 19.1. The molecule has 2 fully saturated rings. The molecule has 3 N–H and O–H groups in total. The van der Waals surface area contributed by atoms with Gasteiger partial charge in [-0.2, -0.15) is 0 Å². The smallest absolute Gasteiger partial charge is 0.412 e. The number of amides is 1. The molecule has 32 heavy (non-hydrogen) atoms. The molecule has 0 atom stereocenters. The zero-order valence-electron chi connectivity index (χ0n) is 18.7. The molecule has 0 radical (unpaired) electrons. The van der Waals surface area contributed by atoms with Crippen LogP contribution in [0, 0.1) is 5.82 Å². The van der Waals surface area contributed by atoms with Crippen molar-refractivity contribution in [3.05, 3.63) is 42.2 Å². The largest absolute Gasteiger partial charge is 0.444 e. The Labute approximate surface area is 187 Å². The summed E-state index contributed by atoms with van der Waals surface area (Å²) >= 11 is 0. The first-order valence-corrected chi connectivity index (χ1v) is 10.9. The van der Waals surface area contributed by atoms with Crippen molar-refractivity contribution in [1.82, 2.24) is 0 Å². The van der Waals surface area contributed by atoms with Crippen LogP contribution >= 0.6 is 0 Å². The molecule has 0 aliphatic carbocycles. The van der Waals surface area contributed by atoms with Gasteiger partial charge < -0.3 is 24.8 Å². The van der Waals surface area contributed by atoms with Gasteiger partial charge in [-0.3, -0.25) is 5.32 Å². The summed E-state index contributed by atoms with van der Waals surface area (Å²) in [5.41, 5.74) is 8.27. The number of carbonyl (C=O) groups is 1. The van der Waals surface area contributed by atoms with E-state index < -0.39 is 17.5 Å². The van der Waals surface area contributed by atoms with Gasteiger partial charge in [-0.1, -0.05) is 18.2 Å². The van der Waals surface area contributed by atoms with Crippen LogP contribution in [0.25, 0.3) is 11.1 Å². The van der Waals surface area contributed by atoms with Crippen molar-refractivity contribution in [2.75, 3.05) is 42.3 Å². The normalized spacial score (nSPS) is 18.1. The average Bonchev–Trinajstić information content (AvgIpc) is 3.17. The van der Waals surface area contributed by atoms with Gasteiger partial charge in [-0.15, -0.1) is 0 Å². The third-order valence-electron chi connectivity index (χ3n) is 5.65. The molecule has 8 heteroatoms. The number of nitrogens with two attached hydrogens (primary N) is 1. The number of piperidine rings is 1. The van der Waals surface area contributed by atoms with Gasteiger partial charge in [0.25, 0.3) is 0 Å². The molecular formula is C24H30FN3O4. The Morgan fingerprint density at radius 1 is 1.12 bits per heavy atom. The number of nitrogens with one attached hydrogen (secondary N) is 1. The maximum absolute atomic E-state index is 14.7. The number of halogens is 1. The van der Waals surface area contributed by atoms with Gasteiger partial charge in [-0.25, -0.2) is 9.18 Å². The molecule has 0 aromatic heterocycles. The van der Waals surface area contributed by atoms with E-state index in [-0.39, 0.29) is 5.82 Å². The standard InChI is InChI=1S/C24H30FN3O4/c1-23(2,3)32-22(29)27-20-15-21(28-10-8-24(9-11-28)30-12-13-31-24)17(14-19(20)26)16-6-4-5-7-18(16)25/h4-7,14-15H,8-13,26H2,1-3H3,(H,27,29). The minimum Gasteiger partial charge on any atom is -0.444 e. The van der Waals surface area contributed by atoms with Crippen molar-refractivity contribution < 1.29 is 23.4 Å². The monoisotopic (exact) mass is 443 g/mol. The summed E-state index contributed by atoms with van der Waals surface area (Å²) in [4.78, 5) is 14.5. The van der Waals surface area contributed by atoms with E-state index in [9.17, 15) is 9.18 Å². The summed E-state index contributed by atoms with van der Waals surface area (Å²) in [6, 6.07) is 10.1. The van der Waals surface area contributed by atoms with Gasteiger partial charge in [-0.05, 0) is 39.0 Å². The minimum atomic E-state index is -0.642. The number of hydrogen-bond acceptors (Lipinski definition) is 6. The summed E-state index contributed by atoms with van der Waals surface area (Å²) < 4.78 is 31.7. The summed E-state index contributed by atoms with van der Waals surface area (Å²) in [6.07, 6.45) is 0.797. The Morgan fingerprint density at radius 2 is 1.78 bits per heavy atom. The number of anilines is 3. The third kappa shape index (κ3) is 4.81. The quantitative estimate of drug-likeness (QED) is 0.665. The molecule has 1 amide bonds. The number of hydrogen-bond donors (Lipinski definition) is 2. The maximum Gasteiger partial charge on any atom is 0.412 e. The fourth-order valence-electron chi connectivity index (χ4n) is 4.16. The van der Waals surface area contributed by atoms with Crippen LogP contribution in [0.1, 0.15) is 33.6 Å². The van der Waals surface area contributed by atoms with Crippen molar-refractivity contribution in [2.45, 2.75) is 45.0 Å². The topological polar surface area (TPSA) is 86.0 Å².